The first kappa shape index (κ1) is 16.7. The minimum absolute atomic E-state index is 0.00172. The van der Waals surface area contributed by atoms with Gasteiger partial charge in [0.25, 0.3) is 11.6 Å². The summed E-state index contributed by atoms with van der Waals surface area (Å²) in [6.45, 7) is 3.51. The van der Waals surface area contributed by atoms with Gasteiger partial charge in [0.2, 0.25) is 0 Å². The first-order valence-corrected chi connectivity index (χ1v) is 6.42. The van der Waals surface area contributed by atoms with Gasteiger partial charge in [0.1, 0.15) is 5.75 Å². The highest BCUT2D eigenvalue weighted by atomic mass is 35.5. The van der Waals surface area contributed by atoms with Crippen LogP contribution in [0, 0.1) is 10.1 Å². The number of halogens is 1. The van der Waals surface area contributed by atoms with E-state index in [4.69, 9.17) is 16.3 Å². The molecular formula is C12H14ClN3O5. The van der Waals surface area contributed by atoms with Crippen LogP contribution in [0.4, 0.5) is 10.5 Å². The Bertz CT molecular complexity index is 564. The number of carbonyl (C=O) groups excluding carboxylic acids is 2. The molecule has 1 atom stereocenters. The lowest BCUT2D eigenvalue weighted by atomic mass is 10.3. The number of hydrogen-bond acceptors (Lipinski definition) is 5. The molecule has 0 saturated heterocycles. The van der Waals surface area contributed by atoms with Gasteiger partial charge >= 0.3 is 6.03 Å². The van der Waals surface area contributed by atoms with Crippen LogP contribution in [0.5, 0.6) is 5.75 Å². The molecule has 9 heteroatoms. The first-order chi connectivity index (χ1) is 9.85. The summed E-state index contributed by atoms with van der Waals surface area (Å²) in [5.74, 6) is -0.545. The van der Waals surface area contributed by atoms with Crippen molar-refractivity contribution in [3.8, 4) is 5.75 Å². The van der Waals surface area contributed by atoms with Gasteiger partial charge in [0.15, 0.2) is 6.10 Å². The van der Waals surface area contributed by atoms with Crippen molar-refractivity contribution >= 4 is 29.2 Å². The van der Waals surface area contributed by atoms with Gasteiger partial charge in [-0.2, -0.15) is 0 Å². The van der Waals surface area contributed by atoms with Gasteiger partial charge in [-0.05, 0) is 19.9 Å². The van der Waals surface area contributed by atoms with E-state index in [0.717, 1.165) is 6.07 Å². The number of imide groups is 1. The van der Waals surface area contributed by atoms with Crippen molar-refractivity contribution < 1.29 is 19.2 Å². The van der Waals surface area contributed by atoms with E-state index >= 15 is 0 Å². The van der Waals surface area contributed by atoms with Crippen molar-refractivity contribution in [1.29, 1.82) is 0 Å². The lowest BCUT2D eigenvalue weighted by Crippen LogP contribution is -2.45. The molecule has 0 aliphatic rings. The number of hydrogen-bond donors (Lipinski definition) is 2. The van der Waals surface area contributed by atoms with E-state index in [1.807, 2.05) is 0 Å². The van der Waals surface area contributed by atoms with Crippen molar-refractivity contribution in [2.75, 3.05) is 6.54 Å². The van der Waals surface area contributed by atoms with Crippen LogP contribution in [-0.4, -0.2) is 29.5 Å². The smallest absolute Gasteiger partial charge is 0.321 e. The number of amides is 3. The Morgan fingerprint density at radius 3 is 2.67 bits per heavy atom. The van der Waals surface area contributed by atoms with Crippen molar-refractivity contribution in [3.05, 3.63) is 33.3 Å². The number of nitro benzene ring substituents is 1. The zero-order chi connectivity index (χ0) is 16.0. The highest BCUT2D eigenvalue weighted by Crippen LogP contribution is 2.29. The molecular weight excluding hydrogens is 302 g/mol. The van der Waals surface area contributed by atoms with E-state index in [9.17, 15) is 19.7 Å². The topological polar surface area (TPSA) is 111 Å². The van der Waals surface area contributed by atoms with Crippen molar-refractivity contribution in [2.24, 2.45) is 0 Å². The third kappa shape index (κ3) is 4.92. The summed E-state index contributed by atoms with van der Waals surface area (Å²) in [6, 6.07) is 2.98. The van der Waals surface area contributed by atoms with Gasteiger partial charge in [0.05, 0.1) is 9.95 Å². The van der Waals surface area contributed by atoms with Gasteiger partial charge < -0.3 is 10.1 Å². The van der Waals surface area contributed by atoms with E-state index in [1.54, 1.807) is 6.92 Å². The minimum Gasteiger partial charge on any atom is -0.479 e. The number of nitro groups is 1. The molecule has 0 aromatic heterocycles. The second kappa shape index (κ2) is 7.44. The Morgan fingerprint density at radius 2 is 2.14 bits per heavy atom. The maximum atomic E-state index is 11.7. The van der Waals surface area contributed by atoms with Gasteiger partial charge in [-0.1, -0.05) is 11.6 Å². The maximum absolute atomic E-state index is 11.7. The standard InChI is InChI=1S/C12H14ClN3O5/c1-3-14-12(18)15-11(17)7(2)21-10-5-4-8(16(19)20)6-9(10)13/h4-7H,3H2,1-2H3,(H2,14,15,17,18). The molecule has 0 fully saturated rings. The number of urea groups is 1. The largest absolute Gasteiger partial charge is 0.479 e. The van der Waals surface area contributed by atoms with E-state index in [1.165, 1.54) is 19.1 Å². The summed E-state index contributed by atoms with van der Waals surface area (Å²) < 4.78 is 5.27. The lowest BCUT2D eigenvalue weighted by molar-refractivity contribution is -0.384. The van der Waals surface area contributed by atoms with E-state index in [2.05, 4.69) is 10.6 Å². The van der Waals surface area contributed by atoms with Crippen molar-refractivity contribution in [3.63, 3.8) is 0 Å². The fraction of sp³-hybridized carbons (Fsp3) is 0.333. The highest BCUT2D eigenvalue weighted by Gasteiger charge is 2.19. The fourth-order valence-corrected chi connectivity index (χ4v) is 1.58. The zero-order valence-electron chi connectivity index (χ0n) is 11.4. The van der Waals surface area contributed by atoms with Crippen molar-refractivity contribution in [2.45, 2.75) is 20.0 Å². The maximum Gasteiger partial charge on any atom is 0.321 e. The molecule has 0 aliphatic carbocycles. The average molecular weight is 316 g/mol. The zero-order valence-corrected chi connectivity index (χ0v) is 12.1. The SMILES string of the molecule is CCNC(=O)NC(=O)C(C)Oc1ccc([N+](=O)[O-])cc1Cl. The normalized spacial score (nSPS) is 11.4. The molecule has 21 heavy (non-hydrogen) atoms. The molecule has 114 valence electrons. The fourth-order valence-electron chi connectivity index (χ4n) is 1.36. The first-order valence-electron chi connectivity index (χ1n) is 6.04. The van der Waals surface area contributed by atoms with Crippen LogP contribution < -0.4 is 15.4 Å². The van der Waals surface area contributed by atoms with Gasteiger partial charge in [-0.3, -0.25) is 20.2 Å². The number of nitrogens with zero attached hydrogens (tertiary/aromatic N) is 1. The summed E-state index contributed by atoms with van der Waals surface area (Å²) in [5, 5.41) is 15.1. The Morgan fingerprint density at radius 1 is 1.48 bits per heavy atom. The quantitative estimate of drug-likeness (QED) is 0.636. The molecule has 3 amide bonds. The Labute approximate surface area is 125 Å². The number of ether oxygens (including phenoxy) is 1. The second-order valence-electron chi connectivity index (χ2n) is 3.98. The molecule has 0 saturated carbocycles. The van der Waals surface area contributed by atoms with Crippen LogP contribution in [0.25, 0.3) is 0 Å². The van der Waals surface area contributed by atoms with Crippen LogP contribution in [0.15, 0.2) is 18.2 Å². The van der Waals surface area contributed by atoms with E-state index < -0.39 is 23.0 Å². The monoisotopic (exact) mass is 315 g/mol. The molecule has 0 radical (unpaired) electrons. The van der Waals surface area contributed by atoms with Crippen LogP contribution in [0.2, 0.25) is 5.02 Å². The second-order valence-corrected chi connectivity index (χ2v) is 4.39. The Hall–Kier alpha value is -2.35. The predicted molar refractivity (Wildman–Crippen MR) is 75.4 cm³/mol. The third-order valence-corrected chi connectivity index (χ3v) is 2.67. The summed E-state index contributed by atoms with van der Waals surface area (Å²) in [6.07, 6.45) is -0.994. The van der Waals surface area contributed by atoms with Crippen LogP contribution in [-0.2, 0) is 4.79 Å². The number of nitrogens with one attached hydrogen (secondary N) is 2. The molecule has 1 aromatic rings. The van der Waals surface area contributed by atoms with E-state index in [-0.39, 0.29) is 16.5 Å². The van der Waals surface area contributed by atoms with Gasteiger partial charge in [-0.15, -0.1) is 0 Å². The Kier molecular flexibility index (Phi) is 5.92. The number of benzene rings is 1. The summed E-state index contributed by atoms with van der Waals surface area (Å²) in [4.78, 5) is 32.8. The molecule has 0 aliphatic heterocycles. The van der Waals surface area contributed by atoms with Crippen LogP contribution in [0.1, 0.15) is 13.8 Å². The molecule has 1 unspecified atom stereocenters. The van der Waals surface area contributed by atoms with Gasteiger partial charge in [0, 0.05) is 18.7 Å². The predicted octanol–water partition coefficient (Wildman–Crippen LogP) is 1.86. The molecule has 2 N–H and O–H groups in total. The molecule has 0 heterocycles. The molecule has 8 nitrogen and oxygen atoms in total. The summed E-state index contributed by atoms with van der Waals surface area (Å²) >= 11 is 5.84. The molecule has 1 rings (SSSR count). The number of carbonyl (C=O) groups is 2. The molecule has 1 aromatic carbocycles. The van der Waals surface area contributed by atoms with Crippen molar-refractivity contribution in [1.82, 2.24) is 10.6 Å². The third-order valence-electron chi connectivity index (χ3n) is 2.37. The summed E-state index contributed by atoms with van der Waals surface area (Å²) in [5.41, 5.74) is -0.188. The molecule has 0 bridgehead atoms. The lowest BCUT2D eigenvalue weighted by Gasteiger charge is -2.15. The highest BCUT2D eigenvalue weighted by molar-refractivity contribution is 6.32. The van der Waals surface area contributed by atoms with Crippen LogP contribution >= 0.6 is 11.6 Å². The molecule has 0 spiro atoms. The average Bonchev–Trinajstić information content (AvgIpc) is 2.40. The minimum atomic E-state index is -0.994. The summed E-state index contributed by atoms with van der Waals surface area (Å²) in [7, 11) is 0. The number of non-ortho nitro benzene ring substituents is 1. The Balaban J connectivity index is 2.70. The van der Waals surface area contributed by atoms with Gasteiger partial charge in [-0.25, -0.2) is 4.79 Å². The number of rotatable bonds is 5. The van der Waals surface area contributed by atoms with E-state index in [0.29, 0.717) is 6.54 Å². The van der Waals surface area contributed by atoms with Crippen LogP contribution in [0.3, 0.4) is 0 Å².